The Morgan fingerprint density at radius 1 is 1.05 bits per heavy atom. The smallest absolute Gasteiger partial charge is 0.275 e. The molecule has 1 aliphatic heterocycles. The zero-order chi connectivity index (χ0) is 29.1. The van der Waals surface area contributed by atoms with E-state index in [4.69, 9.17) is 24.1 Å². The second-order valence-electron chi connectivity index (χ2n) is 9.48. The lowest BCUT2D eigenvalue weighted by molar-refractivity contribution is 0.0357. The van der Waals surface area contributed by atoms with Crippen molar-refractivity contribution in [1.29, 1.82) is 0 Å². The molecule has 1 aliphatic rings. The fourth-order valence-electron chi connectivity index (χ4n) is 4.45. The van der Waals surface area contributed by atoms with Crippen LogP contribution >= 0.6 is 0 Å². The third-order valence-corrected chi connectivity index (χ3v) is 6.57. The van der Waals surface area contributed by atoms with Crippen molar-refractivity contribution in [2.24, 2.45) is 0 Å². The second kappa shape index (κ2) is 14.4. The third kappa shape index (κ3) is 7.60. The number of aliphatic hydroxyl groups is 1. The number of aliphatic hydroxyl groups excluding tert-OH is 1. The molecular formula is C30H34N6O6. The Labute approximate surface area is 243 Å². The quantitative estimate of drug-likeness (QED) is 0.202. The molecule has 0 atom stereocenters. The maximum absolute atomic E-state index is 12.6. The van der Waals surface area contributed by atoms with E-state index in [1.54, 1.807) is 49.7 Å². The summed E-state index contributed by atoms with van der Waals surface area (Å²) in [4.78, 5) is 28.1. The number of nitrogens with one attached hydrogen (secondary N) is 2. The van der Waals surface area contributed by atoms with Crippen LogP contribution in [0.15, 0.2) is 60.9 Å². The van der Waals surface area contributed by atoms with E-state index >= 15 is 0 Å². The number of ether oxygens (including phenoxy) is 4. The fourth-order valence-corrected chi connectivity index (χ4v) is 4.45. The van der Waals surface area contributed by atoms with Gasteiger partial charge in [0, 0.05) is 43.8 Å². The first-order chi connectivity index (χ1) is 20.6. The molecular weight excluding hydrogens is 540 g/mol. The van der Waals surface area contributed by atoms with Crippen LogP contribution in [0.4, 0.5) is 11.6 Å². The number of fused-ring (bicyclic) bond motifs is 1. The van der Waals surface area contributed by atoms with E-state index in [-0.39, 0.29) is 12.3 Å². The second-order valence-corrected chi connectivity index (χ2v) is 9.48. The van der Waals surface area contributed by atoms with Gasteiger partial charge in [-0.1, -0.05) is 6.07 Å². The van der Waals surface area contributed by atoms with Crippen molar-refractivity contribution in [3.63, 3.8) is 0 Å². The van der Waals surface area contributed by atoms with Gasteiger partial charge in [-0.15, -0.1) is 0 Å². The van der Waals surface area contributed by atoms with Crippen molar-refractivity contribution in [3.05, 3.63) is 66.6 Å². The number of pyridine rings is 3. The minimum Gasteiger partial charge on any atom is -0.493 e. The van der Waals surface area contributed by atoms with Crippen LogP contribution in [0.3, 0.4) is 0 Å². The van der Waals surface area contributed by atoms with E-state index in [0.29, 0.717) is 53.3 Å². The summed E-state index contributed by atoms with van der Waals surface area (Å²) in [6, 6.07) is 13.9. The molecule has 0 bridgehead atoms. The molecule has 3 aromatic heterocycles. The summed E-state index contributed by atoms with van der Waals surface area (Å²) in [5.74, 6) is 2.71. The highest BCUT2D eigenvalue weighted by atomic mass is 16.5. The van der Waals surface area contributed by atoms with Crippen molar-refractivity contribution in [1.82, 2.24) is 19.9 Å². The number of amides is 1. The predicted octanol–water partition coefficient (Wildman–Crippen LogP) is 3.58. The average Bonchev–Trinajstić information content (AvgIpc) is 3.03. The number of carbonyl (C=O) groups is 1. The number of carbonyl (C=O) groups excluding carboxylic acids is 1. The molecule has 0 radical (unpaired) electrons. The third-order valence-electron chi connectivity index (χ3n) is 6.57. The van der Waals surface area contributed by atoms with Gasteiger partial charge < -0.3 is 34.7 Å². The van der Waals surface area contributed by atoms with Crippen LogP contribution in [0.5, 0.6) is 23.0 Å². The summed E-state index contributed by atoms with van der Waals surface area (Å²) in [6.07, 6.45) is 4.09. The average molecular weight is 575 g/mol. The van der Waals surface area contributed by atoms with Crippen LogP contribution in [0.25, 0.3) is 10.9 Å². The zero-order valence-corrected chi connectivity index (χ0v) is 23.4. The Kier molecular flexibility index (Phi) is 9.94. The molecule has 3 N–H and O–H groups in total. The van der Waals surface area contributed by atoms with Crippen LogP contribution in [0, 0.1) is 0 Å². The molecule has 1 saturated heterocycles. The molecule has 12 heteroatoms. The molecule has 1 amide bonds. The number of hydrogen-bond acceptors (Lipinski definition) is 11. The van der Waals surface area contributed by atoms with Gasteiger partial charge in [0.15, 0.2) is 11.5 Å². The summed E-state index contributed by atoms with van der Waals surface area (Å²) in [7, 11) is 1.60. The van der Waals surface area contributed by atoms with Gasteiger partial charge in [0.1, 0.15) is 28.8 Å². The maximum Gasteiger partial charge on any atom is 0.275 e. The number of morpholine rings is 1. The molecule has 0 saturated carbocycles. The molecule has 220 valence electrons. The Morgan fingerprint density at radius 2 is 1.93 bits per heavy atom. The van der Waals surface area contributed by atoms with Gasteiger partial charge in [0.05, 0.1) is 45.3 Å². The van der Waals surface area contributed by atoms with Crippen molar-refractivity contribution in [2.75, 3.05) is 70.3 Å². The number of rotatable bonds is 13. The summed E-state index contributed by atoms with van der Waals surface area (Å²) in [5, 5.41) is 15.4. The first-order valence-electron chi connectivity index (χ1n) is 13.8. The van der Waals surface area contributed by atoms with Crippen molar-refractivity contribution < 1.29 is 28.8 Å². The highest BCUT2D eigenvalue weighted by Gasteiger charge is 2.14. The van der Waals surface area contributed by atoms with E-state index in [1.165, 1.54) is 6.20 Å². The molecule has 0 unspecified atom stereocenters. The monoisotopic (exact) mass is 574 g/mol. The first-order valence-corrected chi connectivity index (χ1v) is 13.8. The molecule has 1 fully saturated rings. The van der Waals surface area contributed by atoms with Crippen molar-refractivity contribution >= 4 is 28.4 Å². The van der Waals surface area contributed by atoms with Gasteiger partial charge in [0.25, 0.3) is 5.91 Å². The molecule has 4 heterocycles. The Balaban J connectivity index is 1.22. The van der Waals surface area contributed by atoms with E-state index in [0.717, 1.165) is 44.7 Å². The van der Waals surface area contributed by atoms with Gasteiger partial charge in [-0.25, -0.2) is 9.97 Å². The van der Waals surface area contributed by atoms with Crippen molar-refractivity contribution in [2.45, 2.75) is 6.42 Å². The van der Waals surface area contributed by atoms with Crippen molar-refractivity contribution in [3.8, 4) is 23.0 Å². The lowest BCUT2D eigenvalue weighted by Gasteiger charge is -2.26. The first kappa shape index (κ1) is 29.0. The van der Waals surface area contributed by atoms with Crippen LogP contribution in [0.2, 0.25) is 0 Å². The van der Waals surface area contributed by atoms with Crippen LogP contribution in [0.1, 0.15) is 16.9 Å². The largest absolute Gasteiger partial charge is 0.493 e. The molecule has 42 heavy (non-hydrogen) atoms. The van der Waals surface area contributed by atoms with Crippen LogP contribution in [-0.2, 0) is 4.74 Å². The molecule has 0 spiro atoms. The summed E-state index contributed by atoms with van der Waals surface area (Å²) in [6.45, 7) is 5.29. The van der Waals surface area contributed by atoms with Crippen LogP contribution < -0.4 is 24.8 Å². The minimum atomic E-state index is -0.407. The zero-order valence-electron chi connectivity index (χ0n) is 23.4. The van der Waals surface area contributed by atoms with E-state index in [2.05, 4.69) is 30.5 Å². The predicted molar refractivity (Wildman–Crippen MR) is 158 cm³/mol. The molecule has 0 aliphatic carbocycles. The summed E-state index contributed by atoms with van der Waals surface area (Å²) < 4.78 is 23.2. The summed E-state index contributed by atoms with van der Waals surface area (Å²) >= 11 is 0. The number of hydrogen-bond donors (Lipinski definition) is 3. The number of anilines is 2. The van der Waals surface area contributed by atoms with E-state index in [1.807, 2.05) is 12.1 Å². The minimum absolute atomic E-state index is 0.0369. The van der Waals surface area contributed by atoms with Gasteiger partial charge in [-0.05, 0) is 42.8 Å². The number of methoxy groups -OCH3 is 1. The Hall–Kier alpha value is -4.52. The topological polar surface area (TPSA) is 140 Å². The highest BCUT2D eigenvalue weighted by molar-refractivity contribution is 6.02. The number of nitrogens with zero attached hydrogens (tertiary/aromatic N) is 4. The standard InChI is InChI=1S/C30H34N6O6/c1-39-26-18-22-24(19-27(26)41-15-3-11-36-12-16-40-17-13-36)31-9-8-25(22)42-21-6-7-29(33-20-21)35-30(38)23-4-2-5-28(34-23)32-10-14-37/h2,4-9,18-20,37H,3,10-17H2,1H3,(H,32,34)(H,33,35,38). The van der Waals surface area contributed by atoms with Gasteiger partial charge >= 0.3 is 0 Å². The lowest BCUT2D eigenvalue weighted by atomic mass is 10.2. The molecule has 1 aromatic carbocycles. The summed E-state index contributed by atoms with van der Waals surface area (Å²) in [5.41, 5.74) is 0.925. The maximum atomic E-state index is 12.6. The van der Waals surface area contributed by atoms with Gasteiger partial charge in [-0.2, -0.15) is 0 Å². The Bertz CT molecular complexity index is 1480. The lowest BCUT2D eigenvalue weighted by Crippen LogP contribution is -2.37. The van der Waals surface area contributed by atoms with E-state index < -0.39 is 5.91 Å². The molecule has 12 nitrogen and oxygen atoms in total. The molecule has 5 rings (SSSR count). The Morgan fingerprint density at radius 3 is 2.71 bits per heavy atom. The van der Waals surface area contributed by atoms with Crippen LogP contribution in [-0.4, -0.2) is 90.6 Å². The number of aromatic nitrogens is 3. The van der Waals surface area contributed by atoms with Gasteiger partial charge in [-0.3, -0.25) is 14.7 Å². The van der Waals surface area contributed by atoms with E-state index in [9.17, 15) is 4.79 Å². The number of benzene rings is 1. The SMILES string of the molecule is COc1cc2c(Oc3ccc(NC(=O)c4cccc(NCCO)n4)nc3)ccnc2cc1OCCCN1CCOCC1. The fraction of sp³-hybridized carbons (Fsp3) is 0.333. The normalized spacial score (nSPS) is 13.5. The van der Waals surface area contributed by atoms with Gasteiger partial charge in [0.2, 0.25) is 0 Å². The molecule has 4 aromatic rings. The highest BCUT2D eigenvalue weighted by Crippen LogP contribution is 2.37.